The maximum atomic E-state index is 11.8. The lowest BCUT2D eigenvalue weighted by molar-refractivity contribution is -0.0107. The second-order valence-corrected chi connectivity index (χ2v) is 4.39. The van der Waals surface area contributed by atoms with E-state index in [-0.39, 0.29) is 17.7 Å². The highest BCUT2D eigenvalue weighted by Crippen LogP contribution is 2.16. The number of nitrogens with zero attached hydrogens (tertiary/aromatic N) is 1. The van der Waals surface area contributed by atoms with Gasteiger partial charge in [-0.1, -0.05) is 0 Å². The van der Waals surface area contributed by atoms with Crippen LogP contribution in [0.4, 0.5) is 0 Å². The fourth-order valence-electron chi connectivity index (χ4n) is 1.30. The predicted octanol–water partition coefficient (Wildman–Crippen LogP) is 1.10. The number of carboxylic acid groups (broad SMARTS) is 1. The fourth-order valence-corrected chi connectivity index (χ4v) is 1.30. The highest BCUT2D eigenvalue weighted by Gasteiger charge is 2.23. The van der Waals surface area contributed by atoms with Crippen molar-refractivity contribution in [3.05, 3.63) is 29.6 Å². The SMILES string of the molecule is CC(C)(CCO)OC(=O)c1cncc(C(=O)O)c1. The molecule has 0 bridgehead atoms. The number of carbonyl (C=O) groups is 2. The molecule has 0 fully saturated rings. The van der Waals surface area contributed by atoms with Gasteiger partial charge >= 0.3 is 11.9 Å². The Morgan fingerprint density at radius 3 is 2.50 bits per heavy atom. The van der Waals surface area contributed by atoms with Crippen LogP contribution in [0.1, 0.15) is 41.0 Å². The van der Waals surface area contributed by atoms with Crippen molar-refractivity contribution in [1.29, 1.82) is 0 Å². The summed E-state index contributed by atoms with van der Waals surface area (Å²) in [6.07, 6.45) is 2.69. The Kier molecular flexibility index (Phi) is 4.38. The molecular formula is C12H15NO5. The Morgan fingerprint density at radius 2 is 1.94 bits per heavy atom. The van der Waals surface area contributed by atoms with Crippen molar-refractivity contribution in [2.24, 2.45) is 0 Å². The van der Waals surface area contributed by atoms with Crippen molar-refractivity contribution in [2.75, 3.05) is 6.61 Å². The highest BCUT2D eigenvalue weighted by molar-refractivity contribution is 5.94. The first-order valence-corrected chi connectivity index (χ1v) is 5.38. The molecule has 1 aromatic heterocycles. The van der Waals surface area contributed by atoms with Crippen LogP contribution in [0.2, 0.25) is 0 Å². The summed E-state index contributed by atoms with van der Waals surface area (Å²) in [6.45, 7) is 3.22. The summed E-state index contributed by atoms with van der Waals surface area (Å²) in [6, 6.07) is 1.20. The molecule has 18 heavy (non-hydrogen) atoms. The van der Waals surface area contributed by atoms with E-state index in [0.717, 1.165) is 6.20 Å². The van der Waals surface area contributed by atoms with Gasteiger partial charge in [0.25, 0.3) is 0 Å². The number of carboxylic acids is 1. The molecule has 6 heteroatoms. The number of pyridine rings is 1. The topological polar surface area (TPSA) is 96.7 Å². The molecule has 0 aromatic carbocycles. The van der Waals surface area contributed by atoms with Gasteiger partial charge in [-0.2, -0.15) is 0 Å². The third kappa shape index (κ3) is 3.81. The fraction of sp³-hybridized carbons (Fsp3) is 0.417. The summed E-state index contributed by atoms with van der Waals surface area (Å²) in [5, 5.41) is 17.6. The number of aliphatic hydroxyl groups is 1. The van der Waals surface area contributed by atoms with Gasteiger partial charge in [0, 0.05) is 25.4 Å². The Hall–Kier alpha value is -1.95. The van der Waals surface area contributed by atoms with Crippen LogP contribution in [0.3, 0.4) is 0 Å². The van der Waals surface area contributed by atoms with Gasteiger partial charge in [-0.15, -0.1) is 0 Å². The summed E-state index contributed by atoms with van der Waals surface area (Å²) in [7, 11) is 0. The van der Waals surface area contributed by atoms with Crippen molar-refractivity contribution in [2.45, 2.75) is 25.9 Å². The number of hydrogen-bond acceptors (Lipinski definition) is 5. The van der Waals surface area contributed by atoms with Crippen LogP contribution in [0.15, 0.2) is 18.5 Å². The van der Waals surface area contributed by atoms with Gasteiger partial charge in [-0.25, -0.2) is 9.59 Å². The number of hydrogen-bond donors (Lipinski definition) is 2. The zero-order valence-electron chi connectivity index (χ0n) is 10.2. The zero-order valence-corrected chi connectivity index (χ0v) is 10.2. The molecule has 2 N–H and O–H groups in total. The Balaban J connectivity index is 2.84. The van der Waals surface area contributed by atoms with Gasteiger partial charge in [0.05, 0.1) is 11.1 Å². The maximum Gasteiger partial charge on any atom is 0.340 e. The minimum Gasteiger partial charge on any atom is -0.478 e. The van der Waals surface area contributed by atoms with Crippen molar-refractivity contribution in [3.63, 3.8) is 0 Å². The third-order valence-corrected chi connectivity index (χ3v) is 2.30. The van der Waals surface area contributed by atoms with Crippen LogP contribution < -0.4 is 0 Å². The van der Waals surface area contributed by atoms with Gasteiger partial charge in [0.15, 0.2) is 0 Å². The molecular weight excluding hydrogens is 238 g/mol. The summed E-state index contributed by atoms with van der Waals surface area (Å²) in [5.74, 6) is -1.82. The van der Waals surface area contributed by atoms with Gasteiger partial charge in [-0.05, 0) is 19.9 Å². The zero-order chi connectivity index (χ0) is 13.8. The monoisotopic (exact) mass is 253 g/mol. The first kappa shape index (κ1) is 14.1. The standard InChI is InChI=1S/C12H15NO5/c1-12(2,3-4-14)18-11(17)9-5-8(10(15)16)6-13-7-9/h5-7,14H,3-4H2,1-2H3,(H,15,16). The molecule has 1 rings (SSSR count). The van der Waals surface area contributed by atoms with Gasteiger partial charge < -0.3 is 14.9 Å². The third-order valence-electron chi connectivity index (χ3n) is 2.30. The number of carbonyl (C=O) groups excluding carboxylic acids is 1. The number of esters is 1. The van der Waals surface area contributed by atoms with E-state index in [1.165, 1.54) is 12.3 Å². The van der Waals surface area contributed by atoms with E-state index >= 15 is 0 Å². The van der Waals surface area contributed by atoms with Gasteiger partial charge in [0.1, 0.15) is 5.60 Å². The number of ether oxygens (including phenoxy) is 1. The van der Waals surface area contributed by atoms with Gasteiger partial charge in [-0.3, -0.25) is 4.98 Å². The first-order chi connectivity index (χ1) is 8.35. The number of aromatic carboxylic acids is 1. The van der Waals surface area contributed by atoms with Crippen molar-refractivity contribution < 1.29 is 24.5 Å². The quantitative estimate of drug-likeness (QED) is 0.762. The number of aromatic nitrogens is 1. The summed E-state index contributed by atoms with van der Waals surface area (Å²) < 4.78 is 5.17. The predicted molar refractivity (Wildman–Crippen MR) is 62.4 cm³/mol. The smallest absolute Gasteiger partial charge is 0.340 e. The molecule has 0 radical (unpaired) electrons. The molecule has 0 aliphatic carbocycles. The molecule has 0 amide bonds. The largest absolute Gasteiger partial charge is 0.478 e. The van der Waals surface area contributed by atoms with Crippen molar-refractivity contribution in [1.82, 2.24) is 4.98 Å². The summed E-state index contributed by atoms with van der Waals surface area (Å²) in [5.41, 5.74) is -0.823. The Morgan fingerprint density at radius 1 is 1.33 bits per heavy atom. The normalized spacial score (nSPS) is 11.1. The number of rotatable bonds is 5. The molecule has 0 saturated heterocycles. The molecule has 0 atom stereocenters. The van der Waals surface area contributed by atoms with E-state index in [2.05, 4.69) is 4.98 Å². The molecule has 0 aliphatic rings. The lowest BCUT2D eigenvalue weighted by atomic mass is 10.1. The van der Waals surface area contributed by atoms with Crippen LogP contribution in [-0.4, -0.2) is 39.3 Å². The van der Waals surface area contributed by atoms with E-state index in [1.807, 2.05) is 0 Å². The lowest BCUT2D eigenvalue weighted by Gasteiger charge is -2.24. The average Bonchev–Trinajstić information content (AvgIpc) is 2.28. The van der Waals surface area contributed by atoms with Crippen LogP contribution in [0.25, 0.3) is 0 Å². The van der Waals surface area contributed by atoms with Crippen LogP contribution >= 0.6 is 0 Å². The molecule has 98 valence electrons. The maximum absolute atomic E-state index is 11.8. The van der Waals surface area contributed by atoms with Crippen LogP contribution in [-0.2, 0) is 4.74 Å². The Labute approximate surface area is 104 Å². The van der Waals surface area contributed by atoms with Crippen LogP contribution in [0.5, 0.6) is 0 Å². The second-order valence-electron chi connectivity index (χ2n) is 4.39. The molecule has 6 nitrogen and oxygen atoms in total. The molecule has 0 saturated carbocycles. The molecule has 1 aromatic rings. The molecule has 0 aliphatic heterocycles. The number of aliphatic hydroxyl groups excluding tert-OH is 1. The minimum atomic E-state index is -1.16. The van der Waals surface area contributed by atoms with E-state index in [4.69, 9.17) is 14.9 Å². The summed E-state index contributed by atoms with van der Waals surface area (Å²) >= 11 is 0. The first-order valence-electron chi connectivity index (χ1n) is 5.38. The van der Waals surface area contributed by atoms with Crippen molar-refractivity contribution >= 4 is 11.9 Å². The minimum absolute atomic E-state index is 0.0703. The molecule has 0 spiro atoms. The van der Waals surface area contributed by atoms with E-state index in [9.17, 15) is 9.59 Å². The summed E-state index contributed by atoms with van der Waals surface area (Å²) in [4.78, 5) is 26.2. The van der Waals surface area contributed by atoms with Gasteiger partial charge in [0.2, 0.25) is 0 Å². The van der Waals surface area contributed by atoms with E-state index < -0.39 is 17.5 Å². The second kappa shape index (κ2) is 5.59. The lowest BCUT2D eigenvalue weighted by Crippen LogP contribution is -2.29. The van der Waals surface area contributed by atoms with Crippen LogP contribution in [0, 0.1) is 0 Å². The molecule has 1 heterocycles. The average molecular weight is 253 g/mol. The Bertz CT molecular complexity index is 456. The van der Waals surface area contributed by atoms with E-state index in [1.54, 1.807) is 13.8 Å². The highest BCUT2D eigenvalue weighted by atomic mass is 16.6. The van der Waals surface area contributed by atoms with E-state index in [0.29, 0.717) is 6.42 Å². The molecule has 0 unspecified atom stereocenters. The van der Waals surface area contributed by atoms with Crippen molar-refractivity contribution in [3.8, 4) is 0 Å².